The predicted octanol–water partition coefficient (Wildman–Crippen LogP) is 2.90. The smallest absolute Gasteiger partial charge is 0.251 e. The van der Waals surface area contributed by atoms with Crippen LogP contribution in [0.5, 0.6) is 0 Å². The Hall–Kier alpha value is -2.86. The van der Waals surface area contributed by atoms with Crippen LogP contribution in [0.25, 0.3) is 0 Å². The molecule has 6 heteroatoms. The first-order chi connectivity index (χ1) is 14.1. The van der Waals surface area contributed by atoms with Gasteiger partial charge in [-0.15, -0.1) is 0 Å². The standard InChI is InChI=1S/C23H30N4O2/c1-3-26-13-15-27(16-14-26)21-10-9-20(17-18(21)2)25-22(28)11-12-24-23(29)19-7-5-4-6-8-19/h4-10,17H,3,11-16H2,1-2H3,(H,24,29)(H,25,28). The molecule has 3 rings (SSSR count). The third-order valence-corrected chi connectivity index (χ3v) is 5.31. The van der Waals surface area contributed by atoms with Gasteiger partial charge >= 0.3 is 0 Å². The largest absolute Gasteiger partial charge is 0.369 e. The van der Waals surface area contributed by atoms with Crippen molar-refractivity contribution >= 4 is 23.2 Å². The normalized spacial score (nSPS) is 14.5. The molecule has 1 saturated heterocycles. The van der Waals surface area contributed by atoms with E-state index in [0.717, 1.165) is 44.0 Å². The summed E-state index contributed by atoms with van der Waals surface area (Å²) in [5.74, 6) is -0.274. The molecular formula is C23H30N4O2. The average Bonchev–Trinajstić information content (AvgIpc) is 2.74. The highest BCUT2D eigenvalue weighted by molar-refractivity contribution is 5.95. The van der Waals surface area contributed by atoms with E-state index in [1.165, 1.54) is 5.69 Å². The second-order valence-corrected chi connectivity index (χ2v) is 7.34. The molecule has 1 fully saturated rings. The van der Waals surface area contributed by atoms with E-state index < -0.39 is 0 Å². The molecule has 0 radical (unpaired) electrons. The summed E-state index contributed by atoms with van der Waals surface area (Å²) in [5, 5.41) is 5.70. The number of aryl methyl sites for hydroxylation is 1. The fourth-order valence-electron chi connectivity index (χ4n) is 3.60. The van der Waals surface area contributed by atoms with Gasteiger partial charge in [-0.2, -0.15) is 0 Å². The summed E-state index contributed by atoms with van der Waals surface area (Å²) in [6.07, 6.45) is 0.234. The van der Waals surface area contributed by atoms with Gasteiger partial charge < -0.3 is 20.4 Å². The van der Waals surface area contributed by atoms with Crippen molar-refractivity contribution in [1.29, 1.82) is 0 Å². The number of hydrogen-bond donors (Lipinski definition) is 2. The molecule has 1 heterocycles. The number of amides is 2. The molecule has 2 amide bonds. The summed E-state index contributed by atoms with van der Waals surface area (Å²) < 4.78 is 0. The molecule has 0 saturated carbocycles. The van der Waals surface area contributed by atoms with Crippen molar-refractivity contribution in [2.75, 3.05) is 49.5 Å². The van der Waals surface area contributed by atoms with E-state index in [-0.39, 0.29) is 18.2 Å². The van der Waals surface area contributed by atoms with E-state index in [2.05, 4.69) is 40.3 Å². The molecule has 29 heavy (non-hydrogen) atoms. The minimum Gasteiger partial charge on any atom is -0.369 e. The molecule has 1 aliphatic rings. The van der Waals surface area contributed by atoms with E-state index in [9.17, 15) is 9.59 Å². The van der Waals surface area contributed by atoms with Crippen molar-refractivity contribution in [3.63, 3.8) is 0 Å². The van der Waals surface area contributed by atoms with Gasteiger partial charge in [-0.3, -0.25) is 9.59 Å². The van der Waals surface area contributed by atoms with Crippen LogP contribution in [0.1, 0.15) is 29.3 Å². The molecule has 154 valence electrons. The molecule has 0 spiro atoms. The summed E-state index contributed by atoms with van der Waals surface area (Å²) in [5.41, 5.74) is 3.77. The fourth-order valence-corrected chi connectivity index (χ4v) is 3.60. The van der Waals surface area contributed by atoms with Crippen molar-refractivity contribution in [3.05, 3.63) is 59.7 Å². The summed E-state index contributed by atoms with van der Waals surface area (Å²) in [6, 6.07) is 15.1. The highest BCUT2D eigenvalue weighted by Crippen LogP contribution is 2.24. The lowest BCUT2D eigenvalue weighted by Crippen LogP contribution is -2.46. The Balaban J connectivity index is 1.47. The molecular weight excluding hydrogens is 364 g/mol. The van der Waals surface area contributed by atoms with Crippen LogP contribution in [0.4, 0.5) is 11.4 Å². The van der Waals surface area contributed by atoms with Crippen LogP contribution in [-0.2, 0) is 4.79 Å². The van der Waals surface area contributed by atoms with E-state index in [1.54, 1.807) is 12.1 Å². The number of benzene rings is 2. The number of piperazine rings is 1. The van der Waals surface area contributed by atoms with E-state index in [1.807, 2.05) is 30.3 Å². The van der Waals surface area contributed by atoms with Gasteiger partial charge in [0.25, 0.3) is 5.91 Å². The van der Waals surface area contributed by atoms with Gasteiger partial charge in [-0.1, -0.05) is 25.1 Å². The number of hydrogen-bond acceptors (Lipinski definition) is 4. The molecule has 1 aliphatic heterocycles. The van der Waals surface area contributed by atoms with Gasteiger partial charge in [0.1, 0.15) is 0 Å². The fraction of sp³-hybridized carbons (Fsp3) is 0.391. The lowest BCUT2D eigenvalue weighted by Gasteiger charge is -2.36. The molecule has 0 aromatic heterocycles. The number of carbonyl (C=O) groups excluding carboxylic acids is 2. The maximum Gasteiger partial charge on any atom is 0.251 e. The first-order valence-electron chi connectivity index (χ1n) is 10.3. The Bertz CT molecular complexity index is 830. The number of anilines is 2. The van der Waals surface area contributed by atoms with Gasteiger partial charge in [-0.05, 0) is 49.4 Å². The minimum atomic E-state index is -0.165. The lowest BCUT2D eigenvalue weighted by atomic mass is 10.1. The molecule has 2 N–H and O–H groups in total. The van der Waals surface area contributed by atoms with Crippen LogP contribution < -0.4 is 15.5 Å². The first-order valence-corrected chi connectivity index (χ1v) is 10.3. The Morgan fingerprint density at radius 2 is 1.72 bits per heavy atom. The molecule has 2 aromatic rings. The van der Waals surface area contributed by atoms with Crippen LogP contribution >= 0.6 is 0 Å². The minimum absolute atomic E-state index is 0.109. The van der Waals surface area contributed by atoms with Gasteiger partial charge in [0.2, 0.25) is 5.91 Å². The summed E-state index contributed by atoms with van der Waals surface area (Å²) in [7, 11) is 0. The van der Waals surface area contributed by atoms with Crippen LogP contribution in [0.15, 0.2) is 48.5 Å². The quantitative estimate of drug-likeness (QED) is 0.758. The van der Waals surface area contributed by atoms with Gasteiger partial charge in [-0.25, -0.2) is 0 Å². The summed E-state index contributed by atoms with van der Waals surface area (Å²) in [6.45, 7) is 9.92. The maximum absolute atomic E-state index is 12.2. The lowest BCUT2D eigenvalue weighted by molar-refractivity contribution is -0.116. The highest BCUT2D eigenvalue weighted by Gasteiger charge is 2.17. The third kappa shape index (κ3) is 5.81. The van der Waals surface area contributed by atoms with Gasteiger partial charge in [0.05, 0.1) is 0 Å². The van der Waals surface area contributed by atoms with E-state index in [0.29, 0.717) is 12.1 Å². The summed E-state index contributed by atoms with van der Waals surface area (Å²) in [4.78, 5) is 29.1. The third-order valence-electron chi connectivity index (χ3n) is 5.31. The van der Waals surface area contributed by atoms with Gasteiger partial charge in [0, 0.05) is 56.1 Å². The molecule has 0 aliphatic carbocycles. The van der Waals surface area contributed by atoms with Crippen LogP contribution in [0.2, 0.25) is 0 Å². The average molecular weight is 395 g/mol. The number of nitrogens with zero attached hydrogens (tertiary/aromatic N) is 2. The zero-order chi connectivity index (χ0) is 20.6. The monoisotopic (exact) mass is 394 g/mol. The number of rotatable bonds is 7. The van der Waals surface area contributed by atoms with Crippen molar-refractivity contribution in [2.45, 2.75) is 20.3 Å². The Labute approximate surface area is 172 Å². The maximum atomic E-state index is 12.2. The van der Waals surface area contributed by atoms with Crippen molar-refractivity contribution in [3.8, 4) is 0 Å². The predicted molar refractivity (Wildman–Crippen MR) is 118 cm³/mol. The van der Waals surface area contributed by atoms with Crippen LogP contribution in [0.3, 0.4) is 0 Å². The first kappa shape index (κ1) is 20.9. The molecule has 0 unspecified atom stereocenters. The second-order valence-electron chi connectivity index (χ2n) is 7.34. The zero-order valence-corrected chi connectivity index (χ0v) is 17.3. The molecule has 6 nitrogen and oxygen atoms in total. The molecule has 0 bridgehead atoms. The highest BCUT2D eigenvalue weighted by atomic mass is 16.2. The van der Waals surface area contributed by atoms with Crippen LogP contribution in [-0.4, -0.2) is 56.0 Å². The number of carbonyl (C=O) groups is 2. The van der Waals surface area contributed by atoms with Crippen LogP contribution in [0, 0.1) is 6.92 Å². The van der Waals surface area contributed by atoms with E-state index in [4.69, 9.17) is 0 Å². The Morgan fingerprint density at radius 1 is 1.00 bits per heavy atom. The Morgan fingerprint density at radius 3 is 2.38 bits per heavy atom. The SMILES string of the molecule is CCN1CCN(c2ccc(NC(=O)CCNC(=O)c3ccccc3)cc2C)CC1. The van der Waals surface area contributed by atoms with Gasteiger partial charge in [0.15, 0.2) is 0 Å². The van der Waals surface area contributed by atoms with Crippen molar-refractivity contribution < 1.29 is 9.59 Å². The number of likely N-dealkylation sites (N-methyl/N-ethyl adjacent to an activating group) is 1. The Kier molecular flexibility index (Phi) is 7.25. The zero-order valence-electron chi connectivity index (χ0n) is 17.3. The number of nitrogens with one attached hydrogen (secondary N) is 2. The van der Waals surface area contributed by atoms with Crippen molar-refractivity contribution in [2.24, 2.45) is 0 Å². The molecule has 0 atom stereocenters. The topological polar surface area (TPSA) is 64.7 Å². The van der Waals surface area contributed by atoms with E-state index >= 15 is 0 Å². The molecule has 2 aromatic carbocycles. The van der Waals surface area contributed by atoms with Crippen molar-refractivity contribution in [1.82, 2.24) is 10.2 Å². The summed E-state index contributed by atoms with van der Waals surface area (Å²) >= 11 is 0. The second kappa shape index (κ2) is 10.1.